The third kappa shape index (κ3) is 4.06. The Bertz CT molecular complexity index is 533. The summed E-state index contributed by atoms with van der Waals surface area (Å²) in [5.74, 6) is 1.81. The van der Waals surface area contributed by atoms with Crippen LogP contribution in [0.1, 0.15) is 43.2 Å². The van der Waals surface area contributed by atoms with Crippen LogP contribution in [0, 0.1) is 12.3 Å². The Hall–Kier alpha value is -1.53. The first-order valence-corrected chi connectivity index (χ1v) is 8.55. The van der Waals surface area contributed by atoms with E-state index in [0.717, 1.165) is 37.5 Å². The van der Waals surface area contributed by atoms with E-state index in [0.29, 0.717) is 13.1 Å². The lowest BCUT2D eigenvalue weighted by Crippen LogP contribution is -2.43. The number of carbonyl (C=O) groups excluding carboxylic acids is 1. The quantitative estimate of drug-likeness (QED) is 0.715. The highest BCUT2D eigenvalue weighted by Gasteiger charge is 2.42. The van der Waals surface area contributed by atoms with Crippen LogP contribution in [-0.2, 0) is 0 Å². The van der Waals surface area contributed by atoms with Crippen LogP contribution in [0.2, 0.25) is 0 Å². The first-order valence-electron chi connectivity index (χ1n) is 8.55. The van der Waals surface area contributed by atoms with Gasteiger partial charge >= 0.3 is 6.03 Å². The molecule has 23 heavy (non-hydrogen) atoms. The van der Waals surface area contributed by atoms with Gasteiger partial charge in [0.2, 0.25) is 0 Å². The molecule has 1 saturated heterocycles. The molecule has 1 aromatic heterocycles. The van der Waals surface area contributed by atoms with Gasteiger partial charge in [0.25, 0.3) is 0 Å². The summed E-state index contributed by atoms with van der Waals surface area (Å²) in [6, 6.07) is 3.89. The van der Waals surface area contributed by atoms with Gasteiger partial charge in [-0.25, -0.2) is 4.79 Å². The molecule has 1 aromatic rings. The van der Waals surface area contributed by atoms with Crippen LogP contribution in [0.5, 0.6) is 0 Å². The average molecular weight is 321 g/mol. The smallest absolute Gasteiger partial charge is 0.314 e. The minimum atomic E-state index is -0.169. The molecule has 1 aliphatic carbocycles. The largest absolute Gasteiger partial charge is 0.465 e. The highest BCUT2D eigenvalue weighted by Crippen LogP contribution is 2.44. The highest BCUT2D eigenvalue weighted by molar-refractivity contribution is 5.74. The Labute approximate surface area is 137 Å². The second-order valence-corrected chi connectivity index (χ2v) is 6.93. The number of nitrogens with zero attached hydrogens (tertiary/aromatic N) is 1. The molecule has 0 radical (unpaired) electrons. The monoisotopic (exact) mass is 321 g/mol. The standard InChI is InChI=1S/C17H27N3O3/c1-13-4-5-15(23-13)14(20-8-2-3-9-20)10-18-16(22)19-11-17(12-21)6-7-17/h4-5,14,21H,2-3,6-12H2,1H3,(H2,18,19,22). The molecule has 0 bridgehead atoms. The molecule has 1 aliphatic heterocycles. The minimum Gasteiger partial charge on any atom is -0.465 e. The fourth-order valence-electron chi connectivity index (χ4n) is 3.18. The Kier molecular flexibility index (Phi) is 4.92. The lowest BCUT2D eigenvalue weighted by molar-refractivity contribution is 0.193. The van der Waals surface area contributed by atoms with Crippen LogP contribution in [0.4, 0.5) is 4.79 Å². The molecule has 0 spiro atoms. The SMILES string of the molecule is Cc1ccc(C(CNC(=O)NCC2(CO)CC2)N2CCCC2)o1. The number of urea groups is 1. The number of carbonyl (C=O) groups is 1. The molecule has 6 heteroatoms. The summed E-state index contributed by atoms with van der Waals surface area (Å²) in [5, 5.41) is 15.1. The molecule has 128 valence electrons. The van der Waals surface area contributed by atoms with Crippen LogP contribution < -0.4 is 10.6 Å². The van der Waals surface area contributed by atoms with Gasteiger partial charge in [0.15, 0.2) is 0 Å². The number of aryl methyl sites for hydroxylation is 1. The molecule has 1 saturated carbocycles. The van der Waals surface area contributed by atoms with Crippen LogP contribution in [0.3, 0.4) is 0 Å². The molecule has 0 aromatic carbocycles. The number of rotatable bonds is 7. The zero-order chi connectivity index (χ0) is 16.3. The second kappa shape index (κ2) is 6.93. The van der Waals surface area contributed by atoms with Crippen molar-refractivity contribution in [3.8, 4) is 0 Å². The summed E-state index contributed by atoms with van der Waals surface area (Å²) < 4.78 is 5.79. The molecular weight excluding hydrogens is 294 g/mol. The number of aliphatic hydroxyl groups is 1. The van der Waals surface area contributed by atoms with Crippen molar-refractivity contribution < 1.29 is 14.3 Å². The first kappa shape index (κ1) is 16.3. The fourth-order valence-corrected chi connectivity index (χ4v) is 3.18. The molecule has 6 nitrogen and oxygen atoms in total. The molecule has 2 aliphatic rings. The maximum absolute atomic E-state index is 12.0. The van der Waals surface area contributed by atoms with Crippen molar-refractivity contribution in [1.82, 2.24) is 15.5 Å². The van der Waals surface area contributed by atoms with Crippen molar-refractivity contribution in [3.63, 3.8) is 0 Å². The van der Waals surface area contributed by atoms with E-state index in [4.69, 9.17) is 4.42 Å². The number of amides is 2. The number of aliphatic hydroxyl groups excluding tert-OH is 1. The Morgan fingerprint density at radius 1 is 1.35 bits per heavy atom. The number of hydrogen-bond donors (Lipinski definition) is 3. The Balaban J connectivity index is 1.52. The number of nitrogens with one attached hydrogen (secondary N) is 2. The zero-order valence-electron chi connectivity index (χ0n) is 13.8. The lowest BCUT2D eigenvalue weighted by Gasteiger charge is -2.26. The van der Waals surface area contributed by atoms with E-state index in [2.05, 4.69) is 15.5 Å². The summed E-state index contributed by atoms with van der Waals surface area (Å²) in [4.78, 5) is 14.4. The number of likely N-dealkylation sites (tertiary alicyclic amines) is 1. The topological polar surface area (TPSA) is 77.7 Å². The van der Waals surface area contributed by atoms with Gasteiger partial charge in [-0.2, -0.15) is 0 Å². The second-order valence-electron chi connectivity index (χ2n) is 6.93. The van der Waals surface area contributed by atoms with Gasteiger partial charge in [0, 0.05) is 18.5 Å². The predicted molar refractivity (Wildman–Crippen MR) is 87.1 cm³/mol. The van der Waals surface area contributed by atoms with Crippen molar-refractivity contribution in [3.05, 3.63) is 23.7 Å². The molecule has 2 fully saturated rings. The van der Waals surface area contributed by atoms with Crippen molar-refractivity contribution in [2.75, 3.05) is 32.8 Å². The van der Waals surface area contributed by atoms with Gasteiger partial charge in [-0.15, -0.1) is 0 Å². The van der Waals surface area contributed by atoms with E-state index >= 15 is 0 Å². The van der Waals surface area contributed by atoms with Crippen molar-refractivity contribution in [1.29, 1.82) is 0 Å². The van der Waals surface area contributed by atoms with E-state index in [1.807, 2.05) is 19.1 Å². The highest BCUT2D eigenvalue weighted by atomic mass is 16.3. The fraction of sp³-hybridized carbons (Fsp3) is 0.706. The van der Waals surface area contributed by atoms with Crippen LogP contribution >= 0.6 is 0 Å². The van der Waals surface area contributed by atoms with Crippen LogP contribution in [0.15, 0.2) is 16.5 Å². The summed E-state index contributed by atoms with van der Waals surface area (Å²) in [5.41, 5.74) is -0.0657. The van der Waals surface area contributed by atoms with Gasteiger partial charge in [-0.1, -0.05) is 0 Å². The average Bonchev–Trinajstić information content (AvgIpc) is 2.93. The van der Waals surface area contributed by atoms with Crippen molar-refractivity contribution >= 4 is 6.03 Å². The Morgan fingerprint density at radius 3 is 2.65 bits per heavy atom. The predicted octanol–water partition coefficient (Wildman–Crippen LogP) is 1.80. The zero-order valence-corrected chi connectivity index (χ0v) is 13.8. The minimum absolute atomic E-state index is 0.0657. The maximum atomic E-state index is 12.0. The maximum Gasteiger partial charge on any atom is 0.314 e. The molecule has 3 rings (SSSR count). The summed E-state index contributed by atoms with van der Waals surface area (Å²) in [6.45, 7) is 5.25. The van der Waals surface area contributed by atoms with Gasteiger partial charge in [-0.05, 0) is 57.8 Å². The molecule has 1 unspecified atom stereocenters. The van der Waals surface area contributed by atoms with E-state index < -0.39 is 0 Å². The molecule has 1 atom stereocenters. The number of hydrogen-bond acceptors (Lipinski definition) is 4. The summed E-state index contributed by atoms with van der Waals surface area (Å²) in [7, 11) is 0. The third-order valence-electron chi connectivity index (χ3n) is 5.04. The normalized spacial score (nSPS) is 21.1. The first-order chi connectivity index (χ1) is 11.1. The van der Waals surface area contributed by atoms with Crippen molar-refractivity contribution in [2.24, 2.45) is 5.41 Å². The third-order valence-corrected chi connectivity index (χ3v) is 5.04. The Morgan fingerprint density at radius 2 is 2.09 bits per heavy atom. The summed E-state index contributed by atoms with van der Waals surface area (Å²) >= 11 is 0. The molecular formula is C17H27N3O3. The van der Waals surface area contributed by atoms with Crippen molar-refractivity contribution in [2.45, 2.75) is 38.6 Å². The van der Waals surface area contributed by atoms with Crippen LogP contribution in [0.25, 0.3) is 0 Å². The van der Waals surface area contributed by atoms with Gasteiger partial charge in [0.05, 0.1) is 12.6 Å². The molecule has 2 heterocycles. The van der Waals surface area contributed by atoms with E-state index in [1.165, 1.54) is 12.8 Å². The summed E-state index contributed by atoms with van der Waals surface area (Å²) in [6.07, 6.45) is 4.38. The molecule has 3 N–H and O–H groups in total. The number of furan rings is 1. The van der Waals surface area contributed by atoms with E-state index in [1.54, 1.807) is 0 Å². The van der Waals surface area contributed by atoms with E-state index in [-0.39, 0.29) is 24.1 Å². The van der Waals surface area contributed by atoms with Gasteiger partial charge in [-0.3, -0.25) is 4.90 Å². The van der Waals surface area contributed by atoms with Crippen LogP contribution in [-0.4, -0.2) is 48.8 Å². The van der Waals surface area contributed by atoms with Gasteiger partial charge in [0.1, 0.15) is 11.5 Å². The lowest BCUT2D eigenvalue weighted by atomic mass is 10.1. The van der Waals surface area contributed by atoms with E-state index in [9.17, 15) is 9.90 Å². The molecule has 2 amide bonds. The van der Waals surface area contributed by atoms with Gasteiger partial charge < -0.3 is 20.2 Å².